The number of likely N-dealkylation sites (tertiary alicyclic amines) is 1. The van der Waals surface area contributed by atoms with Gasteiger partial charge >= 0.3 is 0 Å². The maximum atomic E-state index is 5.03. The molecule has 1 aromatic rings. The van der Waals surface area contributed by atoms with Crippen LogP contribution in [0.5, 0.6) is 5.88 Å². The lowest BCUT2D eigenvalue weighted by atomic mass is 10.2. The van der Waals surface area contributed by atoms with Crippen molar-refractivity contribution >= 4 is 0 Å². The molecule has 3 heteroatoms. The Balaban J connectivity index is 1.93. The van der Waals surface area contributed by atoms with Crippen LogP contribution < -0.4 is 4.74 Å². The average molecular weight is 206 g/mol. The minimum atomic E-state index is 0.688. The molecule has 0 bridgehead atoms. The van der Waals surface area contributed by atoms with Gasteiger partial charge in [0.15, 0.2) is 0 Å². The maximum absolute atomic E-state index is 5.03. The number of rotatable bonds is 3. The number of nitrogens with zero attached hydrogens (tertiary/aromatic N) is 2. The topological polar surface area (TPSA) is 25.4 Å². The molecule has 2 rings (SSSR count). The first-order valence-corrected chi connectivity index (χ1v) is 5.49. The lowest BCUT2D eigenvalue weighted by Gasteiger charge is -2.14. The van der Waals surface area contributed by atoms with Gasteiger partial charge in [0.1, 0.15) is 0 Å². The van der Waals surface area contributed by atoms with Crippen LogP contribution in [0, 0.1) is 5.92 Å². The second-order valence-electron chi connectivity index (χ2n) is 4.34. The molecule has 2 heterocycles. The zero-order chi connectivity index (χ0) is 10.7. The number of ether oxygens (including phenoxy) is 1. The van der Waals surface area contributed by atoms with Crippen molar-refractivity contribution in [1.29, 1.82) is 0 Å². The molecule has 15 heavy (non-hydrogen) atoms. The SMILES string of the molecule is COc1ccc(CN2CCC(C)C2)cn1. The van der Waals surface area contributed by atoms with Crippen molar-refractivity contribution in [2.75, 3.05) is 20.2 Å². The van der Waals surface area contributed by atoms with Crippen LogP contribution in [-0.2, 0) is 6.54 Å². The summed E-state index contributed by atoms with van der Waals surface area (Å²) in [6.45, 7) is 5.76. The summed E-state index contributed by atoms with van der Waals surface area (Å²) < 4.78 is 5.03. The minimum Gasteiger partial charge on any atom is -0.481 e. The molecule has 1 unspecified atom stereocenters. The molecule has 0 aliphatic carbocycles. The first kappa shape index (κ1) is 10.4. The van der Waals surface area contributed by atoms with Crippen molar-refractivity contribution in [2.45, 2.75) is 19.9 Å². The van der Waals surface area contributed by atoms with Crippen molar-refractivity contribution < 1.29 is 4.74 Å². The molecule has 82 valence electrons. The summed E-state index contributed by atoms with van der Waals surface area (Å²) in [5, 5.41) is 0. The van der Waals surface area contributed by atoms with Crippen LogP contribution in [0.4, 0.5) is 0 Å². The second-order valence-corrected chi connectivity index (χ2v) is 4.34. The van der Waals surface area contributed by atoms with Crippen molar-refractivity contribution in [3.8, 4) is 5.88 Å². The molecule has 0 N–H and O–H groups in total. The normalized spacial score (nSPS) is 21.9. The minimum absolute atomic E-state index is 0.688. The summed E-state index contributed by atoms with van der Waals surface area (Å²) in [4.78, 5) is 6.69. The van der Waals surface area contributed by atoms with E-state index in [1.165, 1.54) is 25.1 Å². The van der Waals surface area contributed by atoms with E-state index in [4.69, 9.17) is 4.74 Å². The molecule has 0 aromatic carbocycles. The summed E-state index contributed by atoms with van der Waals surface area (Å²) in [6, 6.07) is 4.02. The molecule has 1 fully saturated rings. The predicted octanol–water partition coefficient (Wildman–Crippen LogP) is 1.93. The fourth-order valence-corrected chi connectivity index (χ4v) is 2.05. The molecule has 1 aliphatic heterocycles. The first-order chi connectivity index (χ1) is 7.28. The summed E-state index contributed by atoms with van der Waals surface area (Å²) in [5.41, 5.74) is 1.27. The lowest BCUT2D eigenvalue weighted by Crippen LogP contribution is -2.19. The van der Waals surface area contributed by atoms with Crippen molar-refractivity contribution in [3.05, 3.63) is 23.9 Å². The number of aromatic nitrogens is 1. The summed E-state index contributed by atoms with van der Waals surface area (Å²) in [5.74, 6) is 1.53. The molecular weight excluding hydrogens is 188 g/mol. The largest absolute Gasteiger partial charge is 0.481 e. The Morgan fingerprint density at radius 3 is 2.93 bits per heavy atom. The van der Waals surface area contributed by atoms with E-state index in [2.05, 4.69) is 22.9 Å². The smallest absolute Gasteiger partial charge is 0.212 e. The monoisotopic (exact) mass is 206 g/mol. The van der Waals surface area contributed by atoms with Gasteiger partial charge in [-0.2, -0.15) is 0 Å². The van der Waals surface area contributed by atoms with Gasteiger partial charge in [0.25, 0.3) is 0 Å². The van der Waals surface area contributed by atoms with E-state index in [0.717, 1.165) is 12.5 Å². The average Bonchev–Trinajstić information content (AvgIpc) is 2.65. The van der Waals surface area contributed by atoms with Gasteiger partial charge < -0.3 is 4.74 Å². The van der Waals surface area contributed by atoms with Crippen LogP contribution in [0.2, 0.25) is 0 Å². The predicted molar refractivity (Wildman–Crippen MR) is 59.8 cm³/mol. The fourth-order valence-electron chi connectivity index (χ4n) is 2.05. The number of hydrogen-bond acceptors (Lipinski definition) is 3. The van der Waals surface area contributed by atoms with Gasteiger partial charge in [-0.05, 0) is 24.4 Å². The summed E-state index contributed by atoms with van der Waals surface area (Å²) >= 11 is 0. The highest BCUT2D eigenvalue weighted by Gasteiger charge is 2.18. The summed E-state index contributed by atoms with van der Waals surface area (Å²) in [6.07, 6.45) is 3.23. The molecule has 1 aliphatic rings. The van der Waals surface area contributed by atoms with Gasteiger partial charge in [0, 0.05) is 25.4 Å². The van der Waals surface area contributed by atoms with E-state index < -0.39 is 0 Å². The van der Waals surface area contributed by atoms with E-state index in [1.807, 2.05) is 12.3 Å². The van der Waals surface area contributed by atoms with Crippen LogP contribution in [-0.4, -0.2) is 30.1 Å². The standard InChI is InChI=1S/C12H18N2O/c1-10-5-6-14(8-10)9-11-3-4-12(15-2)13-7-11/h3-4,7,10H,5-6,8-9H2,1-2H3. The molecule has 1 atom stereocenters. The molecule has 0 amide bonds. The van der Waals surface area contributed by atoms with Gasteiger partial charge in [-0.3, -0.25) is 4.90 Å². The Morgan fingerprint density at radius 2 is 2.40 bits per heavy atom. The Hall–Kier alpha value is -1.09. The highest BCUT2D eigenvalue weighted by atomic mass is 16.5. The third-order valence-electron chi connectivity index (χ3n) is 2.92. The van der Waals surface area contributed by atoms with Crippen LogP contribution in [0.25, 0.3) is 0 Å². The Bertz CT molecular complexity index is 310. The van der Waals surface area contributed by atoms with Gasteiger partial charge in [-0.15, -0.1) is 0 Å². The molecule has 0 spiro atoms. The molecule has 0 saturated carbocycles. The van der Waals surface area contributed by atoms with Crippen molar-refractivity contribution in [3.63, 3.8) is 0 Å². The fraction of sp³-hybridized carbons (Fsp3) is 0.583. The van der Waals surface area contributed by atoms with Gasteiger partial charge in [0.05, 0.1) is 7.11 Å². The van der Waals surface area contributed by atoms with Crippen molar-refractivity contribution in [2.24, 2.45) is 5.92 Å². The zero-order valence-electron chi connectivity index (χ0n) is 9.44. The van der Waals surface area contributed by atoms with Crippen molar-refractivity contribution in [1.82, 2.24) is 9.88 Å². The molecule has 1 saturated heterocycles. The molecular formula is C12H18N2O. The quantitative estimate of drug-likeness (QED) is 0.755. The molecule has 0 radical (unpaired) electrons. The summed E-state index contributed by atoms with van der Waals surface area (Å²) in [7, 11) is 1.64. The van der Waals surface area contributed by atoms with Gasteiger partial charge in [-0.1, -0.05) is 13.0 Å². The van der Waals surface area contributed by atoms with Crippen LogP contribution >= 0.6 is 0 Å². The lowest BCUT2D eigenvalue weighted by molar-refractivity contribution is 0.319. The first-order valence-electron chi connectivity index (χ1n) is 5.49. The number of hydrogen-bond donors (Lipinski definition) is 0. The number of pyridine rings is 1. The van der Waals surface area contributed by atoms with E-state index in [9.17, 15) is 0 Å². The molecule has 1 aromatic heterocycles. The van der Waals surface area contributed by atoms with E-state index in [0.29, 0.717) is 5.88 Å². The maximum Gasteiger partial charge on any atom is 0.212 e. The Labute approximate surface area is 91.1 Å². The number of methoxy groups -OCH3 is 1. The third kappa shape index (κ3) is 2.69. The van der Waals surface area contributed by atoms with Crippen LogP contribution in [0.3, 0.4) is 0 Å². The molecule has 3 nitrogen and oxygen atoms in total. The van der Waals surface area contributed by atoms with Gasteiger partial charge in [0.2, 0.25) is 5.88 Å². The van der Waals surface area contributed by atoms with Gasteiger partial charge in [-0.25, -0.2) is 4.98 Å². The Morgan fingerprint density at radius 1 is 1.53 bits per heavy atom. The van der Waals surface area contributed by atoms with Crippen LogP contribution in [0.1, 0.15) is 18.9 Å². The highest BCUT2D eigenvalue weighted by molar-refractivity contribution is 5.17. The highest BCUT2D eigenvalue weighted by Crippen LogP contribution is 2.18. The zero-order valence-corrected chi connectivity index (χ0v) is 9.44. The third-order valence-corrected chi connectivity index (χ3v) is 2.92. The van der Waals surface area contributed by atoms with E-state index in [-0.39, 0.29) is 0 Å². The van der Waals surface area contributed by atoms with Crippen LogP contribution in [0.15, 0.2) is 18.3 Å². The van der Waals surface area contributed by atoms with E-state index >= 15 is 0 Å². The van der Waals surface area contributed by atoms with E-state index in [1.54, 1.807) is 7.11 Å². The second kappa shape index (κ2) is 4.62. The Kier molecular flexibility index (Phi) is 3.21.